The van der Waals surface area contributed by atoms with Crippen LogP contribution in [0.1, 0.15) is 87.0 Å². The van der Waals surface area contributed by atoms with E-state index < -0.39 is 0 Å². The van der Waals surface area contributed by atoms with Gasteiger partial charge in [0.25, 0.3) is 0 Å². The van der Waals surface area contributed by atoms with Gasteiger partial charge in [-0.25, -0.2) is 0 Å². The topological polar surface area (TPSA) is 81.4 Å². The summed E-state index contributed by atoms with van der Waals surface area (Å²) < 4.78 is 4.73. The van der Waals surface area contributed by atoms with Gasteiger partial charge in [-0.05, 0) is 26.8 Å². The SMILES string of the molecule is CC.CC.CCC.CCOC(=O)CNC(=O)C1CCCCC1.CN. The number of nitrogens with two attached hydrogens (primary N) is 1. The van der Waals surface area contributed by atoms with Gasteiger partial charge in [0.05, 0.1) is 6.61 Å². The van der Waals surface area contributed by atoms with Crippen molar-refractivity contribution in [1.29, 1.82) is 0 Å². The Hall–Kier alpha value is -1.10. The van der Waals surface area contributed by atoms with Crippen LogP contribution in [0.4, 0.5) is 0 Å². The van der Waals surface area contributed by atoms with Crippen LogP contribution in [0.25, 0.3) is 0 Å². The second kappa shape index (κ2) is 29.9. The number of hydrogen-bond donors (Lipinski definition) is 2. The highest BCUT2D eigenvalue weighted by Gasteiger charge is 2.21. The van der Waals surface area contributed by atoms with E-state index >= 15 is 0 Å². The molecule has 5 heteroatoms. The molecule has 1 aliphatic carbocycles. The van der Waals surface area contributed by atoms with Gasteiger partial charge in [-0.15, -0.1) is 0 Å². The van der Waals surface area contributed by atoms with Crippen LogP contribution in [-0.4, -0.2) is 32.1 Å². The van der Waals surface area contributed by atoms with Crippen molar-refractivity contribution in [3.63, 3.8) is 0 Å². The van der Waals surface area contributed by atoms with E-state index in [4.69, 9.17) is 4.74 Å². The molecule has 1 amide bonds. The Morgan fingerprint density at radius 3 is 1.75 bits per heavy atom. The Morgan fingerprint density at radius 1 is 0.958 bits per heavy atom. The molecule has 148 valence electrons. The van der Waals surface area contributed by atoms with Crippen molar-refractivity contribution in [2.45, 2.75) is 87.0 Å². The fourth-order valence-corrected chi connectivity index (χ4v) is 1.88. The van der Waals surface area contributed by atoms with E-state index in [2.05, 4.69) is 24.9 Å². The number of rotatable bonds is 4. The smallest absolute Gasteiger partial charge is 0.325 e. The third kappa shape index (κ3) is 23.2. The molecule has 1 fully saturated rings. The molecule has 1 aliphatic rings. The quantitative estimate of drug-likeness (QED) is 0.743. The van der Waals surface area contributed by atoms with E-state index in [0.717, 1.165) is 25.7 Å². The van der Waals surface area contributed by atoms with Crippen molar-refractivity contribution in [1.82, 2.24) is 5.32 Å². The van der Waals surface area contributed by atoms with Crippen LogP contribution in [0.15, 0.2) is 0 Å². The number of nitrogens with one attached hydrogen (secondary N) is 1. The summed E-state index contributed by atoms with van der Waals surface area (Å²) in [6, 6.07) is 0. The molecule has 0 aromatic rings. The van der Waals surface area contributed by atoms with Crippen LogP contribution in [0.5, 0.6) is 0 Å². The van der Waals surface area contributed by atoms with E-state index in [-0.39, 0.29) is 24.3 Å². The number of carbonyl (C=O) groups excluding carboxylic acids is 2. The van der Waals surface area contributed by atoms with Gasteiger partial charge in [0.15, 0.2) is 0 Å². The predicted octanol–water partition coefficient (Wildman–Crippen LogP) is 4.29. The summed E-state index contributed by atoms with van der Waals surface area (Å²) in [5.74, 6) is -0.252. The highest BCUT2D eigenvalue weighted by Crippen LogP contribution is 2.23. The maximum absolute atomic E-state index is 11.6. The zero-order valence-corrected chi connectivity index (χ0v) is 17.5. The minimum atomic E-state index is -0.360. The maximum Gasteiger partial charge on any atom is 0.325 e. The second-order valence-electron chi connectivity index (χ2n) is 4.56. The van der Waals surface area contributed by atoms with Gasteiger partial charge in [-0.3, -0.25) is 9.59 Å². The van der Waals surface area contributed by atoms with Crippen molar-refractivity contribution < 1.29 is 14.3 Å². The van der Waals surface area contributed by atoms with E-state index in [1.807, 2.05) is 27.7 Å². The first-order valence-corrected chi connectivity index (χ1v) is 9.66. The number of hydrogen-bond acceptors (Lipinski definition) is 4. The van der Waals surface area contributed by atoms with Crippen molar-refractivity contribution >= 4 is 11.9 Å². The minimum absolute atomic E-state index is 0.00255. The molecule has 0 atom stereocenters. The van der Waals surface area contributed by atoms with Gasteiger partial charge in [0.1, 0.15) is 6.54 Å². The molecule has 24 heavy (non-hydrogen) atoms. The lowest BCUT2D eigenvalue weighted by Gasteiger charge is -2.20. The number of carbonyl (C=O) groups is 2. The van der Waals surface area contributed by atoms with Crippen molar-refractivity contribution in [2.75, 3.05) is 20.2 Å². The number of esters is 1. The molecule has 0 aliphatic heterocycles. The zero-order chi connectivity index (χ0) is 19.8. The van der Waals surface area contributed by atoms with Crippen molar-refractivity contribution in [2.24, 2.45) is 11.7 Å². The lowest BCUT2D eigenvalue weighted by molar-refractivity contribution is -0.143. The fraction of sp³-hybridized carbons (Fsp3) is 0.895. The van der Waals surface area contributed by atoms with Crippen LogP contribution in [0.3, 0.4) is 0 Å². The summed E-state index contributed by atoms with van der Waals surface area (Å²) in [7, 11) is 1.50. The molecule has 0 saturated heterocycles. The molecule has 1 saturated carbocycles. The Morgan fingerprint density at radius 2 is 1.38 bits per heavy atom. The first kappa shape index (κ1) is 30.7. The van der Waals surface area contributed by atoms with E-state index in [1.54, 1.807) is 6.92 Å². The molecule has 0 aromatic heterocycles. The summed E-state index contributed by atoms with van der Waals surface area (Å²) in [6.45, 7) is 14.4. The van der Waals surface area contributed by atoms with Gasteiger partial charge >= 0.3 is 5.97 Å². The van der Waals surface area contributed by atoms with Gasteiger partial charge < -0.3 is 15.8 Å². The van der Waals surface area contributed by atoms with Gasteiger partial charge in [-0.2, -0.15) is 0 Å². The second-order valence-corrected chi connectivity index (χ2v) is 4.56. The molecule has 0 unspecified atom stereocenters. The lowest BCUT2D eigenvalue weighted by Crippen LogP contribution is -2.36. The Bertz CT molecular complexity index is 241. The van der Waals surface area contributed by atoms with E-state index in [1.165, 1.54) is 19.9 Å². The molecule has 1 rings (SSSR count). The molecule has 3 N–H and O–H groups in total. The van der Waals surface area contributed by atoms with Crippen LogP contribution in [0.2, 0.25) is 0 Å². The van der Waals surface area contributed by atoms with Gasteiger partial charge in [0, 0.05) is 5.92 Å². The minimum Gasteiger partial charge on any atom is -0.465 e. The first-order valence-electron chi connectivity index (χ1n) is 9.66. The lowest BCUT2D eigenvalue weighted by atomic mass is 9.89. The van der Waals surface area contributed by atoms with E-state index in [0.29, 0.717) is 6.61 Å². The summed E-state index contributed by atoms with van der Waals surface area (Å²) >= 11 is 0. The van der Waals surface area contributed by atoms with Crippen LogP contribution in [-0.2, 0) is 14.3 Å². The summed E-state index contributed by atoms with van der Waals surface area (Å²) in [6.07, 6.45) is 6.62. The molecular formula is C19H44N2O3. The van der Waals surface area contributed by atoms with Crippen LogP contribution < -0.4 is 11.1 Å². The Labute approximate surface area is 151 Å². The monoisotopic (exact) mass is 348 g/mol. The number of ether oxygens (including phenoxy) is 1. The van der Waals surface area contributed by atoms with Gasteiger partial charge in [0.2, 0.25) is 5.91 Å². The van der Waals surface area contributed by atoms with Crippen LogP contribution >= 0.6 is 0 Å². The summed E-state index contributed by atoms with van der Waals surface area (Å²) in [5.41, 5.74) is 4.50. The number of amides is 1. The standard InChI is InChI=1S/C11H19NO3.C3H8.2C2H6.CH5N/c1-2-15-10(13)8-12-11(14)9-6-4-3-5-7-9;1-3-2;3*1-2/h9H,2-8H2,1H3,(H,12,14);3H2,1-2H3;2*1-2H3;2H2,1H3. The highest BCUT2D eigenvalue weighted by molar-refractivity contribution is 5.83. The zero-order valence-electron chi connectivity index (χ0n) is 17.5. The molecule has 0 spiro atoms. The largest absolute Gasteiger partial charge is 0.465 e. The maximum atomic E-state index is 11.6. The normalized spacial score (nSPS) is 12.2. The van der Waals surface area contributed by atoms with Crippen molar-refractivity contribution in [3.05, 3.63) is 0 Å². The highest BCUT2D eigenvalue weighted by atomic mass is 16.5. The van der Waals surface area contributed by atoms with E-state index in [9.17, 15) is 9.59 Å². The predicted molar refractivity (Wildman–Crippen MR) is 105 cm³/mol. The van der Waals surface area contributed by atoms with Gasteiger partial charge in [-0.1, -0.05) is 67.2 Å². The Balaban J connectivity index is -0.000000190. The molecule has 0 heterocycles. The third-order valence-corrected chi connectivity index (χ3v) is 2.69. The average molecular weight is 349 g/mol. The third-order valence-electron chi connectivity index (χ3n) is 2.69. The molecule has 0 bridgehead atoms. The summed E-state index contributed by atoms with van der Waals surface area (Å²) in [5, 5.41) is 2.62. The molecule has 0 radical (unpaired) electrons. The first-order chi connectivity index (χ1) is 11.7. The van der Waals surface area contributed by atoms with Crippen LogP contribution in [0, 0.1) is 5.92 Å². The average Bonchev–Trinajstić information content (AvgIpc) is 2.66. The molecule has 0 aromatic carbocycles. The molecule has 5 nitrogen and oxygen atoms in total. The Kier molecular flexibility index (Phi) is 38.2. The fourth-order valence-electron chi connectivity index (χ4n) is 1.88. The van der Waals surface area contributed by atoms with Crippen molar-refractivity contribution in [3.8, 4) is 0 Å². The molecular weight excluding hydrogens is 304 g/mol. The summed E-state index contributed by atoms with van der Waals surface area (Å²) in [4.78, 5) is 22.6.